The maximum absolute atomic E-state index is 11.8. The first-order valence-electron chi connectivity index (χ1n) is 5.58. The van der Waals surface area contributed by atoms with Crippen molar-refractivity contribution in [2.75, 3.05) is 5.43 Å². The summed E-state index contributed by atoms with van der Waals surface area (Å²) >= 11 is 0. The summed E-state index contributed by atoms with van der Waals surface area (Å²) in [4.78, 5) is 11.8. The van der Waals surface area contributed by atoms with Crippen molar-refractivity contribution in [2.45, 2.75) is 32.7 Å². The molecule has 16 heavy (non-hydrogen) atoms. The average molecular weight is 221 g/mol. The highest BCUT2D eigenvalue weighted by atomic mass is 16.1. The van der Waals surface area contributed by atoms with Crippen LogP contribution in [-0.4, -0.2) is 11.9 Å². The number of carbonyl (C=O) groups excluding carboxylic acids is 1. The van der Waals surface area contributed by atoms with Crippen molar-refractivity contribution in [1.82, 2.24) is 5.32 Å². The minimum absolute atomic E-state index is 0.0303. The predicted octanol–water partition coefficient (Wildman–Crippen LogP) is 1.89. The number of hydrogen-bond acceptors (Lipinski definition) is 3. The van der Waals surface area contributed by atoms with Gasteiger partial charge in [0.05, 0.1) is 0 Å². The first kappa shape index (κ1) is 12.5. The van der Waals surface area contributed by atoms with Crippen LogP contribution in [0.5, 0.6) is 0 Å². The molecule has 4 nitrogen and oxygen atoms in total. The molecule has 0 spiro atoms. The molecule has 0 aliphatic heterocycles. The van der Waals surface area contributed by atoms with Crippen LogP contribution in [0.1, 0.15) is 37.0 Å². The van der Waals surface area contributed by atoms with E-state index >= 15 is 0 Å². The second-order valence-electron chi connectivity index (χ2n) is 3.71. The molecular formula is C12H19N3O. The highest BCUT2D eigenvalue weighted by molar-refractivity contribution is 5.94. The van der Waals surface area contributed by atoms with E-state index in [1.807, 2.05) is 0 Å². The minimum atomic E-state index is -0.0303. The van der Waals surface area contributed by atoms with E-state index in [4.69, 9.17) is 5.84 Å². The highest BCUT2D eigenvalue weighted by Gasteiger charge is 2.09. The quantitative estimate of drug-likeness (QED) is 0.525. The van der Waals surface area contributed by atoms with Crippen LogP contribution in [0, 0.1) is 0 Å². The number of amides is 1. The molecule has 0 saturated carbocycles. The molecule has 0 unspecified atom stereocenters. The fourth-order valence-corrected chi connectivity index (χ4v) is 1.48. The van der Waals surface area contributed by atoms with Crippen molar-refractivity contribution in [1.29, 1.82) is 0 Å². The number of hydrazine groups is 1. The van der Waals surface area contributed by atoms with Crippen LogP contribution in [0.2, 0.25) is 0 Å². The summed E-state index contributed by atoms with van der Waals surface area (Å²) in [6.45, 7) is 4.13. The molecule has 88 valence electrons. The number of carbonyl (C=O) groups is 1. The smallest absolute Gasteiger partial charge is 0.251 e. The molecule has 0 atom stereocenters. The Morgan fingerprint density at radius 3 is 2.25 bits per heavy atom. The SMILES string of the molecule is CCC(CC)NC(=O)c1ccc(NN)cc1. The zero-order chi connectivity index (χ0) is 12.0. The van der Waals surface area contributed by atoms with Crippen molar-refractivity contribution < 1.29 is 4.79 Å². The fraction of sp³-hybridized carbons (Fsp3) is 0.417. The van der Waals surface area contributed by atoms with E-state index < -0.39 is 0 Å². The van der Waals surface area contributed by atoms with Gasteiger partial charge in [0.1, 0.15) is 0 Å². The van der Waals surface area contributed by atoms with Gasteiger partial charge in [0.2, 0.25) is 0 Å². The molecular weight excluding hydrogens is 202 g/mol. The first-order valence-corrected chi connectivity index (χ1v) is 5.58. The van der Waals surface area contributed by atoms with Gasteiger partial charge >= 0.3 is 0 Å². The molecule has 1 aromatic carbocycles. The average Bonchev–Trinajstić information content (AvgIpc) is 2.35. The number of hydrogen-bond donors (Lipinski definition) is 3. The predicted molar refractivity (Wildman–Crippen MR) is 66.1 cm³/mol. The van der Waals surface area contributed by atoms with E-state index in [-0.39, 0.29) is 11.9 Å². The Balaban J connectivity index is 2.65. The Kier molecular flexibility index (Phi) is 4.79. The molecule has 1 amide bonds. The Morgan fingerprint density at radius 2 is 1.81 bits per heavy atom. The lowest BCUT2D eigenvalue weighted by molar-refractivity contribution is 0.0935. The number of benzene rings is 1. The maximum Gasteiger partial charge on any atom is 0.251 e. The molecule has 1 rings (SSSR count). The standard InChI is InChI=1S/C12H19N3O/c1-3-10(4-2)14-12(16)9-5-7-11(15-13)8-6-9/h5-8,10,15H,3-4,13H2,1-2H3,(H,14,16). The lowest BCUT2D eigenvalue weighted by Gasteiger charge is -2.14. The van der Waals surface area contributed by atoms with Crippen LogP contribution < -0.4 is 16.6 Å². The van der Waals surface area contributed by atoms with Gasteiger partial charge in [-0.05, 0) is 37.1 Å². The summed E-state index contributed by atoms with van der Waals surface area (Å²) in [7, 11) is 0. The molecule has 0 saturated heterocycles. The Bertz CT molecular complexity index is 331. The van der Waals surface area contributed by atoms with Crippen molar-refractivity contribution >= 4 is 11.6 Å². The van der Waals surface area contributed by atoms with E-state index in [2.05, 4.69) is 24.6 Å². The maximum atomic E-state index is 11.8. The zero-order valence-corrected chi connectivity index (χ0v) is 9.79. The van der Waals surface area contributed by atoms with E-state index in [0.29, 0.717) is 5.56 Å². The molecule has 0 aromatic heterocycles. The van der Waals surface area contributed by atoms with E-state index in [0.717, 1.165) is 18.5 Å². The van der Waals surface area contributed by atoms with Gasteiger partial charge in [-0.1, -0.05) is 13.8 Å². The van der Waals surface area contributed by atoms with Gasteiger partial charge in [-0.15, -0.1) is 0 Å². The van der Waals surface area contributed by atoms with E-state index in [1.165, 1.54) is 0 Å². The number of nitrogens with two attached hydrogens (primary N) is 1. The lowest BCUT2D eigenvalue weighted by Crippen LogP contribution is -2.33. The van der Waals surface area contributed by atoms with Gasteiger partial charge in [-0.3, -0.25) is 10.6 Å². The van der Waals surface area contributed by atoms with Gasteiger partial charge in [0.25, 0.3) is 5.91 Å². The molecule has 4 heteroatoms. The second-order valence-corrected chi connectivity index (χ2v) is 3.71. The van der Waals surface area contributed by atoms with Gasteiger partial charge in [0, 0.05) is 17.3 Å². The fourth-order valence-electron chi connectivity index (χ4n) is 1.48. The van der Waals surface area contributed by atoms with Crippen molar-refractivity contribution in [3.05, 3.63) is 29.8 Å². The summed E-state index contributed by atoms with van der Waals surface area (Å²) < 4.78 is 0. The summed E-state index contributed by atoms with van der Waals surface area (Å²) in [6, 6.07) is 7.32. The molecule has 0 aliphatic carbocycles. The summed E-state index contributed by atoms with van der Waals surface area (Å²) in [5.41, 5.74) is 3.97. The van der Waals surface area contributed by atoms with E-state index in [9.17, 15) is 4.79 Å². The van der Waals surface area contributed by atoms with Crippen LogP contribution >= 0.6 is 0 Å². The molecule has 1 aromatic rings. The third-order valence-corrected chi connectivity index (χ3v) is 2.63. The van der Waals surface area contributed by atoms with Crippen LogP contribution in [0.25, 0.3) is 0 Å². The molecule has 0 radical (unpaired) electrons. The number of nitrogen functional groups attached to an aromatic ring is 1. The van der Waals surface area contributed by atoms with Crippen LogP contribution in [0.4, 0.5) is 5.69 Å². The monoisotopic (exact) mass is 221 g/mol. The summed E-state index contributed by atoms with van der Waals surface area (Å²) in [5, 5.41) is 2.98. The summed E-state index contributed by atoms with van der Waals surface area (Å²) in [5.74, 6) is 5.22. The van der Waals surface area contributed by atoms with Crippen molar-refractivity contribution in [2.24, 2.45) is 5.84 Å². The zero-order valence-electron chi connectivity index (χ0n) is 9.79. The molecule has 4 N–H and O–H groups in total. The van der Waals surface area contributed by atoms with Crippen LogP contribution in [0.3, 0.4) is 0 Å². The molecule has 0 fully saturated rings. The van der Waals surface area contributed by atoms with Crippen LogP contribution in [0.15, 0.2) is 24.3 Å². The topological polar surface area (TPSA) is 67.2 Å². The third-order valence-electron chi connectivity index (χ3n) is 2.63. The Hall–Kier alpha value is -1.55. The van der Waals surface area contributed by atoms with Crippen molar-refractivity contribution in [3.8, 4) is 0 Å². The van der Waals surface area contributed by atoms with Crippen molar-refractivity contribution in [3.63, 3.8) is 0 Å². The minimum Gasteiger partial charge on any atom is -0.349 e. The van der Waals surface area contributed by atoms with Gasteiger partial charge in [0.15, 0.2) is 0 Å². The summed E-state index contributed by atoms with van der Waals surface area (Å²) in [6.07, 6.45) is 1.90. The lowest BCUT2D eigenvalue weighted by atomic mass is 10.1. The van der Waals surface area contributed by atoms with Gasteiger partial charge in [-0.2, -0.15) is 0 Å². The first-order chi connectivity index (χ1) is 7.71. The molecule has 0 heterocycles. The van der Waals surface area contributed by atoms with Gasteiger partial charge in [-0.25, -0.2) is 0 Å². The second kappa shape index (κ2) is 6.12. The largest absolute Gasteiger partial charge is 0.349 e. The van der Waals surface area contributed by atoms with Gasteiger partial charge < -0.3 is 10.7 Å². The van der Waals surface area contributed by atoms with E-state index in [1.54, 1.807) is 24.3 Å². The molecule has 0 bridgehead atoms. The Labute approximate surface area is 96.2 Å². The van der Waals surface area contributed by atoms with Crippen LogP contribution in [-0.2, 0) is 0 Å². The Morgan fingerprint density at radius 1 is 1.25 bits per heavy atom. The molecule has 0 aliphatic rings. The highest BCUT2D eigenvalue weighted by Crippen LogP contribution is 2.08. The normalized spacial score (nSPS) is 10.2. The third kappa shape index (κ3) is 3.24. The number of anilines is 1. The number of nitrogens with one attached hydrogen (secondary N) is 2. The number of rotatable bonds is 5.